The normalized spacial score (nSPS) is 16.8. The van der Waals surface area contributed by atoms with Crippen LogP contribution in [0.1, 0.15) is 31.4 Å². The number of halogens is 1. The zero-order chi connectivity index (χ0) is 25.2. The standard InChI is InChI=1S/C27H29ClN6O2/c1-3-34-14-4-5-24(34)25(26(29)35)22-16-20(12-13-30-22)36-19-10-11-23-21(15-19)32-27(33(23)2)31-18-8-6-17(28)7-9-18/h6-13,15-16,24-25H,3-5,14H2,1-2H3,(H2,29,35)(H,31,32). The Morgan fingerprint density at radius 3 is 2.72 bits per heavy atom. The van der Waals surface area contributed by atoms with Crippen LogP contribution in [0.15, 0.2) is 60.8 Å². The average Bonchev–Trinajstić information content (AvgIpc) is 3.45. The van der Waals surface area contributed by atoms with E-state index in [2.05, 4.69) is 22.1 Å². The summed E-state index contributed by atoms with van der Waals surface area (Å²) in [5, 5.41) is 4.00. The Hall–Kier alpha value is -3.62. The van der Waals surface area contributed by atoms with Gasteiger partial charge in [0.15, 0.2) is 0 Å². The van der Waals surface area contributed by atoms with Crippen LogP contribution in [0.4, 0.5) is 11.6 Å². The number of nitrogens with two attached hydrogens (primary N) is 1. The number of likely N-dealkylation sites (N-methyl/N-ethyl adjacent to an activating group) is 1. The molecular formula is C27H29ClN6O2. The fourth-order valence-corrected chi connectivity index (χ4v) is 5.10. The summed E-state index contributed by atoms with van der Waals surface area (Å²) in [7, 11) is 1.95. The van der Waals surface area contributed by atoms with Crippen LogP contribution in [0.25, 0.3) is 11.0 Å². The van der Waals surface area contributed by atoms with Gasteiger partial charge in [-0.1, -0.05) is 18.5 Å². The van der Waals surface area contributed by atoms with Crippen molar-refractivity contribution < 1.29 is 9.53 Å². The number of rotatable bonds is 8. The quantitative estimate of drug-likeness (QED) is 0.342. The van der Waals surface area contributed by atoms with Gasteiger partial charge in [-0.15, -0.1) is 0 Å². The van der Waals surface area contributed by atoms with E-state index in [0.717, 1.165) is 42.7 Å². The summed E-state index contributed by atoms with van der Waals surface area (Å²) in [6.45, 7) is 3.96. The predicted octanol–water partition coefficient (Wildman–Crippen LogP) is 5.21. The molecule has 0 bridgehead atoms. The van der Waals surface area contributed by atoms with Gasteiger partial charge in [0.05, 0.1) is 22.6 Å². The van der Waals surface area contributed by atoms with Gasteiger partial charge in [-0.2, -0.15) is 0 Å². The number of likely N-dealkylation sites (tertiary alicyclic amines) is 1. The third-order valence-electron chi connectivity index (χ3n) is 6.77. The van der Waals surface area contributed by atoms with Crippen LogP contribution in [0.5, 0.6) is 11.5 Å². The minimum absolute atomic E-state index is 0.0617. The van der Waals surface area contributed by atoms with Crippen molar-refractivity contribution in [2.45, 2.75) is 31.7 Å². The molecule has 186 valence electrons. The molecular weight excluding hydrogens is 476 g/mol. The summed E-state index contributed by atoms with van der Waals surface area (Å²) in [5.41, 5.74) is 9.13. The van der Waals surface area contributed by atoms with Crippen LogP contribution in [0, 0.1) is 0 Å². The van der Waals surface area contributed by atoms with Gasteiger partial charge in [-0.05, 0) is 68.4 Å². The molecule has 0 saturated carbocycles. The first-order valence-corrected chi connectivity index (χ1v) is 12.5. The van der Waals surface area contributed by atoms with E-state index >= 15 is 0 Å². The number of primary amides is 1. The minimum Gasteiger partial charge on any atom is -0.457 e. The predicted molar refractivity (Wildman–Crippen MR) is 142 cm³/mol. The molecule has 0 spiro atoms. The Bertz CT molecular complexity index is 1390. The maximum atomic E-state index is 12.4. The molecule has 5 rings (SSSR count). The molecule has 2 atom stereocenters. The highest BCUT2D eigenvalue weighted by atomic mass is 35.5. The third-order valence-corrected chi connectivity index (χ3v) is 7.02. The van der Waals surface area contributed by atoms with E-state index in [1.165, 1.54) is 0 Å². The first-order valence-electron chi connectivity index (χ1n) is 12.1. The fourth-order valence-electron chi connectivity index (χ4n) is 4.97. The SMILES string of the molecule is CCN1CCCC1C(C(N)=O)c1cc(Oc2ccc3c(c2)nc(Nc2ccc(Cl)cc2)n3C)ccn1. The van der Waals surface area contributed by atoms with Gasteiger partial charge in [0, 0.05) is 42.1 Å². The van der Waals surface area contributed by atoms with Crippen LogP contribution in [0.2, 0.25) is 5.02 Å². The highest BCUT2D eigenvalue weighted by Gasteiger charge is 2.36. The molecule has 1 aliphatic heterocycles. The van der Waals surface area contributed by atoms with E-state index in [0.29, 0.717) is 28.2 Å². The zero-order valence-electron chi connectivity index (χ0n) is 20.3. The summed E-state index contributed by atoms with van der Waals surface area (Å²) in [4.78, 5) is 24.0. The van der Waals surface area contributed by atoms with Crippen molar-refractivity contribution in [3.05, 3.63) is 71.5 Å². The molecule has 2 aromatic heterocycles. The van der Waals surface area contributed by atoms with Crippen molar-refractivity contribution >= 4 is 40.2 Å². The second kappa shape index (κ2) is 10.2. The van der Waals surface area contributed by atoms with Crippen molar-refractivity contribution in [2.24, 2.45) is 12.8 Å². The van der Waals surface area contributed by atoms with E-state index < -0.39 is 5.92 Å². The number of aromatic nitrogens is 3. The molecule has 2 aromatic carbocycles. The highest BCUT2D eigenvalue weighted by molar-refractivity contribution is 6.30. The van der Waals surface area contributed by atoms with Gasteiger partial charge in [0.1, 0.15) is 11.5 Å². The Morgan fingerprint density at radius 2 is 1.97 bits per heavy atom. The van der Waals surface area contributed by atoms with E-state index in [4.69, 9.17) is 27.1 Å². The molecule has 2 unspecified atom stereocenters. The number of nitrogens with zero attached hydrogens (tertiary/aromatic N) is 4. The van der Waals surface area contributed by atoms with Crippen molar-refractivity contribution in [1.82, 2.24) is 19.4 Å². The summed E-state index contributed by atoms with van der Waals surface area (Å²) >= 11 is 5.99. The topological polar surface area (TPSA) is 98.3 Å². The van der Waals surface area contributed by atoms with Crippen molar-refractivity contribution in [3.8, 4) is 11.5 Å². The van der Waals surface area contributed by atoms with Gasteiger partial charge in [-0.25, -0.2) is 4.98 Å². The molecule has 0 aliphatic carbocycles. The number of amides is 1. The maximum absolute atomic E-state index is 12.4. The van der Waals surface area contributed by atoms with Gasteiger partial charge in [0.2, 0.25) is 11.9 Å². The lowest BCUT2D eigenvalue weighted by Gasteiger charge is -2.28. The number of pyridine rings is 1. The van der Waals surface area contributed by atoms with E-state index in [1.807, 2.05) is 60.1 Å². The molecule has 3 heterocycles. The van der Waals surface area contributed by atoms with Crippen LogP contribution in [-0.4, -0.2) is 44.5 Å². The first-order chi connectivity index (χ1) is 17.4. The van der Waals surface area contributed by atoms with Gasteiger partial charge >= 0.3 is 0 Å². The number of hydrogen-bond donors (Lipinski definition) is 2. The number of hydrogen-bond acceptors (Lipinski definition) is 6. The van der Waals surface area contributed by atoms with Crippen LogP contribution in [0.3, 0.4) is 0 Å². The van der Waals surface area contributed by atoms with Crippen LogP contribution >= 0.6 is 11.6 Å². The summed E-state index contributed by atoms with van der Waals surface area (Å²) < 4.78 is 8.15. The van der Waals surface area contributed by atoms with Crippen molar-refractivity contribution in [3.63, 3.8) is 0 Å². The molecule has 1 saturated heterocycles. The first kappa shape index (κ1) is 24.1. The van der Waals surface area contributed by atoms with Crippen LogP contribution < -0.4 is 15.8 Å². The Kier molecular flexibility index (Phi) is 6.80. The lowest BCUT2D eigenvalue weighted by Crippen LogP contribution is -2.40. The number of carbonyl (C=O) groups excluding carboxylic acids is 1. The van der Waals surface area contributed by atoms with Gasteiger partial charge in [-0.3, -0.25) is 14.7 Å². The summed E-state index contributed by atoms with van der Waals surface area (Å²) in [5.74, 6) is 1.11. The molecule has 1 fully saturated rings. The Morgan fingerprint density at radius 1 is 1.19 bits per heavy atom. The van der Waals surface area contributed by atoms with Gasteiger partial charge < -0.3 is 20.4 Å². The van der Waals surface area contributed by atoms with E-state index in [1.54, 1.807) is 12.3 Å². The molecule has 3 N–H and O–H groups in total. The monoisotopic (exact) mass is 504 g/mol. The fraction of sp³-hybridized carbons (Fsp3) is 0.296. The highest BCUT2D eigenvalue weighted by Crippen LogP contribution is 2.33. The lowest BCUT2D eigenvalue weighted by atomic mass is 9.92. The second-order valence-electron chi connectivity index (χ2n) is 9.01. The van der Waals surface area contributed by atoms with Crippen molar-refractivity contribution in [1.29, 1.82) is 0 Å². The maximum Gasteiger partial charge on any atom is 0.228 e. The number of anilines is 2. The number of fused-ring (bicyclic) bond motifs is 1. The molecule has 0 radical (unpaired) electrons. The number of carbonyl (C=O) groups is 1. The minimum atomic E-state index is -0.476. The number of ether oxygens (including phenoxy) is 1. The molecule has 1 aliphatic rings. The van der Waals surface area contributed by atoms with E-state index in [9.17, 15) is 4.79 Å². The Labute approximate surface area is 215 Å². The number of nitrogens with one attached hydrogen (secondary N) is 1. The Balaban J connectivity index is 1.38. The second-order valence-corrected chi connectivity index (χ2v) is 9.45. The van der Waals surface area contributed by atoms with E-state index in [-0.39, 0.29) is 11.9 Å². The molecule has 1 amide bonds. The summed E-state index contributed by atoms with van der Waals surface area (Å²) in [6.07, 6.45) is 3.65. The number of aryl methyl sites for hydroxylation is 1. The number of benzene rings is 2. The third kappa shape index (κ3) is 4.87. The molecule has 4 aromatic rings. The number of imidazole rings is 1. The smallest absolute Gasteiger partial charge is 0.228 e. The summed E-state index contributed by atoms with van der Waals surface area (Å²) in [6, 6.07) is 16.9. The molecule has 8 nitrogen and oxygen atoms in total. The molecule has 36 heavy (non-hydrogen) atoms. The van der Waals surface area contributed by atoms with Crippen molar-refractivity contribution in [2.75, 3.05) is 18.4 Å². The zero-order valence-corrected chi connectivity index (χ0v) is 21.1. The van der Waals surface area contributed by atoms with Gasteiger partial charge in [0.25, 0.3) is 0 Å². The lowest BCUT2D eigenvalue weighted by molar-refractivity contribution is -0.120. The van der Waals surface area contributed by atoms with Crippen LogP contribution in [-0.2, 0) is 11.8 Å². The largest absolute Gasteiger partial charge is 0.457 e. The molecule has 9 heteroatoms. The average molecular weight is 505 g/mol.